The number of amides is 2. The smallest absolute Gasteiger partial charge is 0.279 e. The van der Waals surface area contributed by atoms with Gasteiger partial charge in [-0.05, 0) is 52.7 Å². The number of pyridine rings is 1. The number of carbonyl (C=O) groups is 3. The molecule has 0 radical (unpaired) electrons. The van der Waals surface area contributed by atoms with Crippen LogP contribution in [0, 0.1) is 6.92 Å². The van der Waals surface area contributed by atoms with Gasteiger partial charge in [-0.25, -0.2) is 19.3 Å². The van der Waals surface area contributed by atoms with Gasteiger partial charge in [-0.3, -0.25) is 19.1 Å². The van der Waals surface area contributed by atoms with Crippen LogP contribution in [0.2, 0.25) is 0 Å². The molecule has 0 unspecified atom stereocenters. The van der Waals surface area contributed by atoms with Gasteiger partial charge in [0.25, 0.3) is 5.91 Å². The lowest BCUT2D eigenvalue weighted by Crippen LogP contribution is -2.56. The fourth-order valence-corrected chi connectivity index (χ4v) is 4.89. The van der Waals surface area contributed by atoms with Crippen LogP contribution >= 0.6 is 15.9 Å². The van der Waals surface area contributed by atoms with Crippen molar-refractivity contribution in [3.8, 4) is 11.1 Å². The number of aromatic nitrogens is 5. The molecule has 1 aromatic carbocycles. The number of nitrogens with one attached hydrogen (secondary N) is 1. The molecule has 1 aliphatic rings. The number of nitrogens with zero attached hydrogens (tertiary/aromatic N) is 6. The highest BCUT2D eigenvalue weighted by Gasteiger charge is 2.52. The van der Waals surface area contributed by atoms with E-state index in [1.165, 1.54) is 17.7 Å². The van der Waals surface area contributed by atoms with E-state index in [0.29, 0.717) is 21.3 Å². The summed E-state index contributed by atoms with van der Waals surface area (Å²) in [6.07, 6.45) is 1.11. The van der Waals surface area contributed by atoms with Crippen LogP contribution in [0.15, 0.2) is 53.4 Å². The summed E-state index contributed by atoms with van der Waals surface area (Å²) in [5.41, 5.74) is -0.324. The first-order valence-corrected chi connectivity index (χ1v) is 12.8. The molecule has 5 rings (SSSR count). The largest absolute Gasteiger partial charge is 0.363 e. The van der Waals surface area contributed by atoms with Gasteiger partial charge in [0.05, 0.1) is 12.1 Å². The van der Waals surface area contributed by atoms with Crippen molar-refractivity contribution in [2.75, 3.05) is 11.9 Å². The zero-order valence-electron chi connectivity index (χ0n) is 20.9. The monoisotopic (exact) mass is 595 g/mol. The van der Waals surface area contributed by atoms with E-state index in [0.717, 1.165) is 16.0 Å². The van der Waals surface area contributed by atoms with Crippen LogP contribution < -0.4 is 5.32 Å². The topological polar surface area (TPSA) is 143 Å². The van der Waals surface area contributed by atoms with E-state index in [1.807, 2.05) is 0 Å². The van der Waals surface area contributed by atoms with Gasteiger partial charge in [-0.2, -0.15) is 5.10 Å². The number of anilines is 1. The molecule has 2 amide bonds. The molecule has 1 fully saturated rings. The Labute approximate surface area is 230 Å². The minimum atomic E-state index is -2.44. The Kier molecular flexibility index (Phi) is 6.95. The number of ketones is 1. The number of carbonyl (C=O) groups excluding carboxylic acids is 3. The fraction of sp³-hybridized carbons (Fsp3) is 0.269. The van der Waals surface area contributed by atoms with E-state index in [1.54, 1.807) is 49.6 Å². The molecule has 4 aromatic rings. The summed E-state index contributed by atoms with van der Waals surface area (Å²) >= 11 is 3.19. The van der Waals surface area contributed by atoms with Crippen LogP contribution in [0.1, 0.15) is 29.7 Å². The second kappa shape index (κ2) is 10.2. The number of rotatable bonds is 6. The molecule has 0 bridgehead atoms. The first-order chi connectivity index (χ1) is 18.5. The number of hydrogen-bond donors (Lipinski definition) is 2. The Morgan fingerprint density at radius 2 is 1.92 bits per heavy atom. The minimum Gasteiger partial charge on any atom is -0.363 e. The van der Waals surface area contributed by atoms with E-state index < -0.39 is 43.2 Å². The maximum absolute atomic E-state index is 14.5. The summed E-state index contributed by atoms with van der Waals surface area (Å²) in [6, 6.07) is 10.0. The third kappa shape index (κ3) is 5.14. The molecule has 39 heavy (non-hydrogen) atoms. The van der Waals surface area contributed by atoms with Gasteiger partial charge in [0.15, 0.2) is 5.78 Å². The molecular formula is C26H23BrFN7O4. The zero-order chi connectivity index (χ0) is 27.9. The number of benzene rings is 1. The van der Waals surface area contributed by atoms with E-state index >= 15 is 0 Å². The van der Waals surface area contributed by atoms with Crippen LogP contribution in [0.5, 0.6) is 0 Å². The summed E-state index contributed by atoms with van der Waals surface area (Å²) in [7, 11) is 0. The number of aliphatic hydroxyl groups is 1. The number of likely N-dealkylation sites (tertiary alicyclic amines) is 1. The van der Waals surface area contributed by atoms with Gasteiger partial charge >= 0.3 is 0 Å². The molecular weight excluding hydrogens is 573 g/mol. The third-order valence-electron chi connectivity index (χ3n) is 6.44. The Morgan fingerprint density at radius 1 is 1.18 bits per heavy atom. The second-order valence-electron chi connectivity index (χ2n) is 9.24. The Balaban J connectivity index is 1.44. The first kappa shape index (κ1) is 26.5. The highest BCUT2D eigenvalue weighted by molar-refractivity contribution is 9.10. The molecule has 0 spiro atoms. The van der Waals surface area contributed by atoms with Gasteiger partial charge in [0.1, 0.15) is 34.7 Å². The Bertz CT molecular complexity index is 1610. The van der Waals surface area contributed by atoms with Gasteiger partial charge in [-0.15, -0.1) is 0 Å². The van der Waals surface area contributed by atoms with Crippen molar-refractivity contribution in [1.82, 2.24) is 29.6 Å². The Morgan fingerprint density at radius 3 is 2.62 bits per heavy atom. The average molecular weight is 596 g/mol. The summed E-state index contributed by atoms with van der Waals surface area (Å²) in [6.45, 7) is 2.22. The number of aryl methyl sites for hydroxylation is 1. The van der Waals surface area contributed by atoms with Gasteiger partial charge in [0, 0.05) is 36.7 Å². The molecule has 1 saturated heterocycles. The predicted octanol–water partition coefficient (Wildman–Crippen LogP) is 3.06. The fourth-order valence-electron chi connectivity index (χ4n) is 4.54. The SMILES string of the molecule is CC(=O)c1nn(CC(=O)N2C[C@H](F)C[C@@]2(O)C(=O)Nc2cccc(Br)n2)c2ccc(-c3cnc(C)nc3)cc12. The van der Waals surface area contributed by atoms with Crippen molar-refractivity contribution in [1.29, 1.82) is 0 Å². The molecule has 0 saturated carbocycles. The summed E-state index contributed by atoms with van der Waals surface area (Å²) in [5.74, 6) is -1.30. The molecule has 3 aromatic heterocycles. The highest BCUT2D eigenvalue weighted by atomic mass is 79.9. The van der Waals surface area contributed by atoms with Crippen molar-refractivity contribution in [2.45, 2.75) is 38.7 Å². The van der Waals surface area contributed by atoms with Crippen LogP contribution in [0.4, 0.5) is 10.2 Å². The first-order valence-electron chi connectivity index (χ1n) is 12.0. The molecule has 0 aliphatic carbocycles. The second-order valence-corrected chi connectivity index (χ2v) is 10.0. The van der Waals surface area contributed by atoms with Gasteiger partial charge in [0.2, 0.25) is 11.6 Å². The number of Topliss-reactive ketones (excluding diaryl/α,β-unsaturated/α-hetero) is 1. The molecule has 4 heterocycles. The number of halogens is 2. The van der Waals surface area contributed by atoms with Crippen LogP contribution in [-0.4, -0.2) is 70.8 Å². The van der Waals surface area contributed by atoms with Crippen molar-refractivity contribution in [2.24, 2.45) is 0 Å². The highest BCUT2D eigenvalue weighted by Crippen LogP contribution is 2.32. The molecule has 200 valence electrons. The lowest BCUT2D eigenvalue weighted by molar-refractivity contribution is -0.164. The van der Waals surface area contributed by atoms with E-state index in [9.17, 15) is 23.9 Å². The van der Waals surface area contributed by atoms with E-state index in [4.69, 9.17) is 0 Å². The van der Waals surface area contributed by atoms with Crippen molar-refractivity contribution in [3.63, 3.8) is 0 Å². The number of alkyl halides is 1. The zero-order valence-corrected chi connectivity index (χ0v) is 22.5. The normalized spacial score (nSPS) is 18.9. The van der Waals surface area contributed by atoms with Crippen molar-refractivity contribution in [3.05, 3.63) is 64.9 Å². The summed E-state index contributed by atoms with van der Waals surface area (Å²) < 4.78 is 16.2. The molecule has 11 nitrogen and oxygen atoms in total. The van der Waals surface area contributed by atoms with Gasteiger partial charge in [-0.1, -0.05) is 12.1 Å². The van der Waals surface area contributed by atoms with Crippen molar-refractivity contribution >= 4 is 50.2 Å². The molecule has 1 aliphatic heterocycles. The predicted molar refractivity (Wildman–Crippen MR) is 142 cm³/mol. The average Bonchev–Trinajstić information content (AvgIpc) is 3.41. The van der Waals surface area contributed by atoms with Gasteiger partial charge < -0.3 is 15.3 Å². The lowest BCUT2D eigenvalue weighted by Gasteiger charge is -2.31. The molecule has 13 heteroatoms. The van der Waals surface area contributed by atoms with Crippen LogP contribution in [0.25, 0.3) is 22.0 Å². The van der Waals surface area contributed by atoms with Crippen LogP contribution in [-0.2, 0) is 16.1 Å². The van der Waals surface area contributed by atoms with E-state index in [-0.39, 0.29) is 17.3 Å². The third-order valence-corrected chi connectivity index (χ3v) is 6.88. The summed E-state index contributed by atoms with van der Waals surface area (Å²) in [4.78, 5) is 52.0. The maximum Gasteiger partial charge on any atom is 0.279 e. The Hall–Kier alpha value is -4.10. The van der Waals surface area contributed by atoms with E-state index in [2.05, 4.69) is 41.3 Å². The minimum absolute atomic E-state index is 0.122. The van der Waals surface area contributed by atoms with Crippen molar-refractivity contribution < 1.29 is 23.9 Å². The number of fused-ring (bicyclic) bond motifs is 1. The lowest BCUT2D eigenvalue weighted by atomic mass is 10.0. The standard InChI is InChI=1S/C26H23BrFN7O4/c1-14(36)24-19-8-16(17-10-29-15(2)30-11-17)6-7-20(19)35(33-24)13-23(37)34-12-18(28)9-26(34,39)25(38)32-22-5-3-4-21(27)31-22/h3-8,10-11,18,39H,9,12-13H2,1-2H3,(H,31,32,38)/t18-,26-/m1/s1. The summed E-state index contributed by atoms with van der Waals surface area (Å²) in [5, 5.41) is 18.5. The maximum atomic E-state index is 14.5. The molecule has 2 N–H and O–H groups in total. The van der Waals surface area contributed by atoms with Crippen LogP contribution in [0.3, 0.4) is 0 Å². The molecule has 2 atom stereocenters. The number of hydrogen-bond acceptors (Lipinski definition) is 8. The quantitative estimate of drug-likeness (QED) is 0.256.